The molecule has 2 rings (SSSR count). The Hall–Kier alpha value is -1.82. The zero-order valence-corrected chi connectivity index (χ0v) is 9.99. The van der Waals surface area contributed by atoms with Gasteiger partial charge in [-0.25, -0.2) is 0 Å². The Bertz CT molecular complexity index is 469. The number of nitrogens with one attached hydrogen (secondary N) is 1. The van der Waals surface area contributed by atoms with Gasteiger partial charge in [0.15, 0.2) is 0 Å². The third kappa shape index (κ3) is 2.65. The largest absolute Gasteiger partial charge is 0.351 e. The van der Waals surface area contributed by atoms with Crippen LogP contribution >= 0.6 is 0 Å². The van der Waals surface area contributed by atoms with E-state index in [2.05, 4.69) is 12.2 Å². The molecule has 1 saturated carbocycles. The minimum Gasteiger partial charge on any atom is -0.351 e. The molecule has 0 unspecified atom stereocenters. The number of hydrogen-bond acceptors (Lipinski definition) is 2. The van der Waals surface area contributed by atoms with Gasteiger partial charge in [0, 0.05) is 12.1 Å². The second kappa shape index (κ2) is 4.58. The standard InChI is InChI=1S/C14H16N2O/c1-2-14(6-7-14)10-16-13(17)12-5-3-4-11(8-12)9-15/h3-5,8H,2,6-7,10H2,1H3,(H,16,17). The van der Waals surface area contributed by atoms with Crippen LogP contribution in [0.4, 0.5) is 0 Å². The first-order chi connectivity index (χ1) is 8.19. The molecule has 0 bridgehead atoms. The lowest BCUT2D eigenvalue weighted by Crippen LogP contribution is -2.29. The van der Waals surface area contributed by atoms with Gasteiger partial charge < -0.3 is 5.32 Å². The molecule has 88 valence electrons. The molecule has 0 aliphatic heterocycles. The molecule has 1 aromatic carbocycles. The minimum atomic E-state index is -0.0816. The molecular weight excluding hydrogens is 212 g/mol. The highest BCUT2D eigenvalue weighted by atomic mass is 16.1. The monoisotopic (exact) mass is 228 g/mol. The maximum absolute atomic E-state index is 11.9. The molecule has 0 spiro atoms. The fourth-order valence-electron chi connectivity index (χ4n) is 1.93. The zero-order chi connectivity index (χ0) is 12.3. The molecule has 0 aromatic heterocycles. The number of amides is 1. The lowest BCUT2D eigenvalue weighted by Gasteiger charge is -2.13. The van der Waals surface area contributed by atoms with E-state index in [1.165, 1.54) is 12.8 Å². The molecule has 17 heavy (non-hydrogen) atoms. The third-order valence-corrected chi connectivity index (χ3v) is 3.58. The Balaban J connectivity index is 1.98. The van der Waals surface area contributed by atoms with Gasteiger partial charge in [0.2, 0.25) is 0 Å². The van der Waals surface area contributed by atoms with Gasteiger partial charge in [0.1, 0.15) is 0 Å². The summed E-state index contributed by atoms with van der Waals surface area (Å²) < 4.78 is 0. The predicted octanol–water partition coefficient (Wildman–Crippen LogP) is 2.48. The number of carbonyl (C=O) groups excluding carboxylic acids is 1. The first-order valence-electron chi connectivity index (χ1n) is 5.97. The molecule has 1 N–H and O–H groups in total. The molecule has 0 radical (unpaired) electrons. The second-order valence-corrected chi connectivity index (χ2v) is 4.73. The van der Waals surface area contributed by atoms with Crippen LogP contribution in [0.2, 0.25) is 0 Å². The van der Waals surface area contributed by atoms with Gasteiger partial charge in [-0.1, -0.05) is 13.0 Å². The highest BCUT2D eigenvalue weighted by molar-refractivity contribution is 5.94. The summed E-state index contributed by atoms with van der Waals surface area (Å²) in [5, 5.41) is 11.7. The van der Waals surface area contributed by atoms with E-state index in [0.717, 1.165) is 13.0 Å². The molecule has 1 fully saturated rings. The lowest BCUT2D eigenvalue weighted by atomic mass is 10.0. The minimum absolute atomic E-state index is 0.0816. The van der Waals surface area contributed by atoms with Crippen LogP contribution in [-0.2, 0) is 0 Å². The number of hydrogen-bond donors (Lipinski definition) is 1. The van der Waals surface area contributed by atoms with Crippen molar-refractivity contribution in [1.82, 2.24) is 5.32 Å². The second-order valence-electron chi connectivity index (χ2n) is 4.73. The average Bonchev–Trinajstić information content (AvgIpc) is 3.17. The fraction of sp³-hybridized carbons (Fsp3) is 0.429. The highest BCUT2D eigenvalue weighted by Gasteiger charge is 2.40. The number of benzene rings is 1. The maximum Gasteiger partial charge on any atom is 0.251 e. The first-order valence-corrected chi connectivity index (χ1v) is 5.97. The average molecular weight is 228 g/mol. The molecule has 0 atom stereocenters. The molecule has 1 amide bonds. The number of nitriles is 1. The van der Waals surface area contributed by atoms with E-state index in [9.17, 15) is 4.79 Å². The molecule has 1 aliphatic carbocycles. The highest BCUT2D eigenvalue weighted by Crippen LogP contribution is 2.47. The smallest absolute Gasteiger partial charge is 0.251 e. The quantitative estimate of drug-likeness (QED) is 0.860. The van der Waals surface area contributed by atoms with Gasteiger partial charge >= 0.3 is 0 Å². The van der Waals surface area contributed by atoms with Gasteiger partial charge in [0.25, 0.3) is 5.91 Å². The summed E-state index contributed by atoms with van der Waals surface area (Å²) in [6.45, 7) is 2.91. The van der Waals surface area contributed by atoms with E-state index >= 15 is 0 Å². The van der Waals surface area contributed by atoms with Crippen LogP contribution in [0, 0.1) is 16.7 Å². The van der Waals surface area contributed by atoms with Crippen molar-refractivity contribution >= 4 is 5.91 Å². The normalized spacial score (nSPS) is 16.0. The third-order valence-electron chi connectivity index (χ3n) is 3.58. The molecular formula is C14H16N2O. The fourth-order valence-corrected chi connectivity index (χ4v) is 1.93. The Kier molecular flexibility index (Phi) is 3.14. The van der Waals surface area contributed by atoms with Crippen molar-refractivity contribution in [1.29, 1.82) is 5.26 Å². The van der Waals surface area contributed by atoms with E-state index in [1.54, 1.807) is 24.3 Å². The first kappa shape index (κ1) is 11.7. The van der Waals surface area contributed by atoms with E-state index in [1.807, 2.05) is 6.07 Å². The van der Waals surface area contributed by atoms with Crippen LogP contribution in [0.1, 0.15) is 42.1 Å². The van der Waals surface area contributed by atoms with Crippen molar-refractivity contribution in [2.24, 2.45) is 5.41 Å². The maximum atomic E-state index is 11.9. The summed E-state index contributed by atoms with van der Waals surface area (Å²) in [6.07, 6.45) is 3.54. The Morgan fingerprint density at radius 2 is 2.29 bits per heavy atom. The van der Waals surface area contributed by atoms with Crippen LogP contribution < -0.4 is 5.32 Å². The molecule has 1 aromatic rings. The number of nitrogens with zero attached hydrogens (tertiary/aromatic N) is 1. The van der Waals surface area contributed by atoms with Gasteiger partial charge in [-0.2, -0.15) is 5.26 Å². The van der Waals surface area contributed by atoms with E-state index in [0.29, 0.717) is 16.5 Å². The van der Waals surface area contributed by atoms with E-state index in [-0.39, 0.29) is 5.91 Å². The number of rotatable bonds is 4. The van der Waals surface area contributed by atoms with Crippen molar-refractivity contribution in [3.63, 3.8) is 0 Å². The Morgan fingerprint density at radius 1 is 1.53 bits per heavy atom. The van der Waals surface area contributed by atoms with Crippen LogP contribution in [0.3, 0.4) is 0 Å². The Labute approximate surface area is 101 Å². The SMILES string of the molecule is CCC1(CNC(=O)c2cccc(C#N)c2)CC1. The lowest BCUT2D eigenvalue weighted by molar-refractivity contribution is 0.0944. The molecule has 3 nitrogen and oxygen atoms in total. The zero-order valence-electron chi connectivity index (χ0n) is 9.99. The summed E-state index contributed by atoms with van der Waals surface area (Å²) in [4.78, 5) is 11.9. The van der Waals surface area contributed by atoms with Gasteiger partial charge in [-0.3, -0.25) is 4.79 Å². The van der Waals surface area contributed by atoms with E-state index < -0.39 is 0 Å². The summed E-state index contributed by atoms with van der Waals surface area (Å²) in [7, 11) is 0. The van der Waals surface area contributed by atoms with Crippen LogP contribution in [-0.4, -0.2) is 12.5 Å². The molecule has 0 saturated heterocycles. The predicted molar refractivity (Wildman–Crippen MR) is 65.4 cm³/mol. The summed E-state index contributed by atoms with van der Waals surface area (Å²) in [5.41, 5.74) is 1.44. The van der Waals surface area contributed by atoms with Gasteiger partial charge in [-0.05, 0) is 42.9 Å². The summed E-state index contributed by atoms with van der Waals surface area (Å²) in [5.74, 6) is -0.0816. The van der Waals surface area contributed by atoms with Crippen LogP contribution in [0.5, 0.6) is 0 Å². The van der Waals surface area contributed by atoms with Gasteiger partial charge in [-0.15, -0.1) is 0 Å². The van der Waals surface area contributed by atoms with Crippen molar-refractivity contribution in [3.8, 4) is 6.07 Å². The van der Waals surface area contributed by atoms with Crippen LogP contribution in [0.15, 0.2) is 24.3 Å². The summed E-state index contributed by atoms with van der Waals surface area (Å²) in [6, 6.07) is 8.84. The summed E-state index contributed by atoms with van der Waals surface area (Å²) >= 11 is 0. The molecule has 0 heterocycles. The topological polar surface area (TPSA) is 52.9 Å². The molecule has 3 heteroatoms. The van der Waals surface area contributed by atoms with E-state index in [4.69, 9.17) is 5.26 Å². The van der Waals surface area contributed by atoms with Crippen molar-refractivity contribution in [2.75, 3.05) is 6.54 Å². The van der Waals surface area contributed by atoms with Crippen molar-refractivity contribution < 1.29 is 4.79 Å². The van der Waals surface area contributed by atoms with Crippen LogP contribution in [0.25, 0.3) is 0 Å². The Morgan fingerprint density at radius 3 is 2.88 bits per heavy atom. The van der Waals surface area contributed by atoms with Crippen molar-refractivity contribution in [2.45, 2.75) is 26.2 Å². The molecule has 1 aliphatic rings. The number of carbonyl (C=O) groups is 1. The van der Waals surface area contributed by atoms with Gasteiger partial charge in [0.05, 0.1) is 11.6 Å². The van der Waals surface area contributed by atoms with Crippen molar-refractivity contribution in [3.05, 3.63) is 35.4 Å².